The largest absolute Gasteiger partial charge is 0.465 e. The number of ether oxygens (including phenoxy) is 1. The summed E-state index contributed by atoms with van der Waals surface area (Å²) < 4.78 is 4.76. The van der Waals surface area contributed by atoms with Gasteiger partial charge in [-0.15, -0.1) is 11.3 Å². The number of ketones is 1. The minimum Gasteiger partial charge on any atom is -0.465 e. The zero-order valence-corrected chi connectivity index (χ0v) is 10.3. The number of hydrogen-bond donors (Lipinski definition) is 0. The number of hydrogen-bond acceptors (Lipinski definition) is 4. The van der Waals surface area contributed by atoms with Crippen molar-refractivity contribution in [2.24, 2.45) is 0 Å². The van der Waals surface area contributed by atoms with Crippen LogP contribution >= 0.6 is 11.3 Å². The SMILES string of the molecule is COC(=O)c1sc(C(C)=O)c2c1CCCC2. The lowest BCUT2D eigenvalue weighted by molar-refractivity contribution is 0.0605. The fraction of sp³-hybridized carbons (Fsp3) is 0.500. The molecule has 0 amide bonds. The van der Waals surface area contributed by atoms with Gasteiger partial charge in [-0.2, -0.15) is 0 Å². The monoisotopic (exact) mass is 238 g/mol. The predicted molar refractivity (Wildman–Crippen MR) is 62.3 cm³/mol. The lowest BCUT2D eigenvalue weighted by Gasteiger charge is -2.12. The lowest BCUT2D eigenvalue weighted by atomic mass is 9.91. The molecule has 0 spiro atoms. The Labute approximate surface area is 98.4 Å². The molecule has 2 rings (SSSR count). The van der Waals surface area contributed by atoms with Crippen LogP contribution in [0.5, 0.6) is 0 Å². The van der Waals surface area contributed by atoms with Gasteiger partial charge in [0.1, 0.15) is 4.88 Å². The number of rotatable bonds is 2. The molecule has 0 aliphatic heterocycles. The second-order valence-corrected chi connectivity index (χ2v) is 4.99. The van der Waals surface area contributed by atoms with Crippen molar-refractivity contribution in [3.8, 4) is 0 Å². The molecule has 0 N–H and O–H groups in total. The molecule has 1 aromatic heterocycles. The van der Waals surface area contributed by atoms with E-state index in [-0.39, 0.29) is 11.8 Å². The van der Waals surface area contributed by atoms with E-state index in [2.05, 4.69) is 0 Å². The van der Waals surface area contributed by atoms with Gasteiger partial charge in [-0.05, 0) is 43.7 Å². The molecule has 0 fully saturated rings. The van der Waals surface area contributed by atoms with Gasteiger partial charge in [0, 0.05) is 0 Å². The minimum atomic E-state index is -0.310. The summed E-state index contributed by atoms with van der Waals surface area (Å²) in [4.78, 5) is 24.5. The summed E-state index contributed by atoms with van der Waals surface area (Å²) in [7, 11) is 1.38. The first kappa shape index (κ1) is 11.3. The van der Waals surface area contributed by atoms with Gasteiger partial charge >= 0.3 is 5.97 Å². The van der Waals surface area contributed by atoms with E-state index in [4.69, 9.17) is 4.74 Å². The first-order chi connectivity index (χ1) is 7.65. The predicted octanol–water partition coefficient (Wildman–Crippen LogP) is 2.62. The molecule has 0 atom stereocenters. The number of carbonyl (C=O) groups is 2. The van der Waals surface area contributed by atoms with Crippen molar-refractivity contribution < 1.29 is 14.3 Å². The third kappa shape index (κ3) is 1.78. The molecule has 1 aliphatic rings. The highest BCUT2D eigenvalue weighted by Crippen LogP contribution is 2.35. The highest BCUT2D eigenvalue weighted by atomic mass is 32.1. The van der Waals surface area contributed by atoms with Gasteiger partial charge in [0.2, 0.25) is 0 Å². The maximum atomic E-state index is 11.6. The van der Waals surface area contributed by atoms with Crippen LogP contribution in [-0.2, 0) is 17.6 Å². The highest BCUT2D eigenvalue weighted by Gasteiger charge is 2.26. The summed E-state index contributed by atoms with van der Waals surface area (Å²) in [6.45, 7) is 1.56. The van der Waals surface area contributed by atoms with Crippen LogP contribution in [0.3, 0.4) is 0 Å². The van der Waals surface area contributed by atoms with Crippen LogP contribution in [0.2, 0.25) is 0 Å². The Morgan fingerprint density at radius 3 is 2.19 bits per heavy atom. The van der Waals surface area contributed by atoms with Gasteiger partial charge in [0.25, 0.3) is 0 Å². The standard InChI is InChI=1S/C12H14O3S/c1-7(13)10-8-5-3-4-6-9(8)11(16-10)12(14)15-2/h3-6H2,1-2H3. The Hall–Kier alpha value is -1.16. The van der Waals surface area contributed by atoms with E-state index in [0.29, 0.717) is 4.88 Å². The van der Waals surface area contributed by atoms with Crippen molar-refractivity contribution in [3.05, 3.63) is 20.9 Å². The molecule has 4 heteroatoms. The van der Waals surface area contributed by atoms with Gasteiger partial charge in [-0.1, -0.05) is 0 Å². The number of Topliss-reactive ketones (excluding diaryl/α,β-unsaturated/α-hetero) is 1. The van der Waals surface area contributed by atoms with Crippen LogP contribution in [0.4, 0.5) is 0 Å². The Kier molecular flexibility index (Phi) is 3.10. The topological polar surface area (TPSA) is 43.4 Å². The minimum absolute atomic E-state index is 0.0540. The fourth-order valence-electron chi connectivity index (χ4n) is 2.17. The van der Waals surface area contributed by atoms with Crippen LogP contribution < -0.4 is 0 Å². The number of carbonyl (C=O) groups excluding carboxylic acids is 2. The van der Waals surface area contributed by atoms with E-state index in [1.54, 1.807) is 6.92 Å². The summed E-state index contributed by atoms with van der Waals surface area (Å²) in [6, 6.07) is 0. The molecule has 0 aromatic carbocycles. The number of methoxy groups -OCH3 is 1. The van der Waals surface area contributed by atoms with Gasteiger partial charge < -0.3 is 4.74 Å². The Balaban J connectivity index is 2.54. The van der Waals surface area contributed by atoms with Crippen molar-refractivity contribution in [2.45, 2.75) is 32.6 Å². The second kappa shape index (κ2) is 4.37. The van der Waals surface area contributed by atoms with E-state index in [9.17, 15) is 9.59 Å². The van der Waals surface area contributed by atoms with Crippen LogP contribution in [-0.4, -0.2) is 18.9 Å². The molecule has 86 valence electrons. The molecular weight excluding hydrogens is 224 g/mol. The molecule has 16 heavy (non-hydrogen) atoms. The molecule has 0 saturated heterocycles. The van der Waals surface area contributed by atoms with Gasteiger partial charge in [0.15, 0.2) is 5.78 Å². The van der Waals surface area contributed by atoms with E-state index >= 15 is 0 Å². The van der Waals surface area contributed by atoms with E-state index in [0.717, 1.165) is 41.7 Å². The van der Waals surface area contributed by atoms with Crippen molar-refractivity contribution in [1.29, 1.82) is 0 Å². The molecule has 1 aromatic rings. The average Bonchev–Trinajstić information content (AvgIpc) is 2.67. The Bertz CT molecular complexity index is 445. The number of esters is 1. The molecular formula is C12H14O3S. The molecule has 0 unspecified atom stereocenters. The van der Waals surface area contributed by atoms with Crippen LogP contribution in [0.25, 0.3) is 0 Å². The van der Waals surface area contributed by atoms with Crippen molar-refractivity contribution >= 4 is 23.1 Å². The third-order valence-electron chi connectivity index (χ3n) is 2.91. The summed E-state index contributed by atoms with van der Waals surface area (Å²) in [6.07, 6.45) is 4.00. The lowest BCUT2D eigenvalue weighted by Crippen LogP contribution is -2.08. The second-order valence-electron chi connectivity index (χ2n) is 3.97. The maximum absolute atomic E-state index is 11.6. The summed E-state index contributed by atoms with van der Waals surface area (Å²) in [5.74, 6) is -0.256. The van der Waals surface area contributed by atoms with Crippen molar-refractivity contribution in [2.75, 3.05) is 7.11 Å². The van der Waals surface area contributed by atoms with E-state index in [1.165, 1.54) is 18.4 Å². The van der Waals surface area contributed by atoms with Gasteiger partial charge in [-0.3, -0.25) is 4.79 Å². The fourth-order valence-corrected chi connectivity index (χ4v) is 3.39. The first-order valence-electron chi connectivity index (χ1n) is 5.39. The Morgan fingerprint density at radius 2 is 1.69 bits per heavy atom. The molecule has 1 heterocycles. The van der Waals surface area contributed by atoms with Crippen molar-refractivity contribution in [3.63, 3.8) is 0 Å². The smallest absolute Gasteiger partial charge is 0.348 e. The van der Waals surface area contributed by atoms with Crippen LogP contribution in [0.15, 0.2) is 0 Å². The average molecular weight is 238 g/mol. The molecule has 1 aliphatic carbocycles. The number of thiophene rings is 1. The molecule has 0 radical (unpaired) electrons. The number of fused-ring (bicyclic) bond motifs is 1. The maximum Gasteiger partial charge on any atom is 0.348 e. The Morgan fingerprint density at radius 1 is 1.12 bits per heavy atom. The summed E-state index contributed by atoms with van der Waals surface area (Å²) in [5, 5.41) is 0. The van der Waals surface area contributed by atoms with E-state index in [1.807, 2.05) is 0 Å². The molecule has 0 bridgehead atoms. The third-order valence-corrected chi connectivity index (χ3v) is 4.27. The highest BCUT2D eigenvalue weighted by molar-refractivity contribution is 7.16. The summed E-state index contributed by atoms with van der Waals surface area (Å²) in [5.41, 5.74) is 2.14. The normalized spacial score (nSPS) is 14.4. The zero-order chi connectivity index (χ0) is 11.7. The zero-order valence-electron chi connectivity index (χ0n) is 9.46. The summed E-state index contributed by atoms with van der Waals surface area (Å²) >= 11 is 1.29. The van der Waals surface area contributed by atoms with Crippen LogP contribution in [0, 0.1) is 0 Å². The van der Waals surface area contributed by atoms with Crippen molar-refractivity contribution in [1.82, 2.24) is 0 Å². The van der Waals surface area contributed by atoms with Crippen LogP contribution in [0.1, 0.15) is 50.2 Å². The van der Waals surface area contributed by atoms with Gasteiger partial charge in [-0.25, -0.2) is 4.79 Å². The molecule has 3 nitrogen and oxygen atoms in total. The first-order valence-corrected chi connectivity index (χ1v) is 6.20. The quantitative estimate of drug-likeness (QED) is 0.587. The molecule has 0 saturated carbocycles. The van der Waals surface area contributed by atoms with E-state index < -0.39 is 0 Å². The van der Waals surface area contributed by atoms with Gasteiger partial charge in [0.05, 0.1) is 12.0 Å².